The van der Waals surface area contributed by atoms with Crippen LogP contribution in [0.1, 0.15) is 13.3 Å². The van der Waals surface area contributed by atoms with E-state index in [9.17, 15) is 0 Å². The molecule has 2 unspecified atom stereocenters. The van der Waals surface area contributed by atoms with Crippen LogP contribution in [0.15, 0.2) is 0 Å². The minimum atomic E-state index is 0.745. The van der Waals surface area contributed by atoms with Gasteiger partial charge in [-0.15, -0.1) is 0 Å². The summed E-state index contributed by atoms with van der Waals surface area (Å²) in [6.45, 7) is 3.33. The fourth-order valence-electron chi connectivity index (χ4n) is 1.19. The van der Waals surface area contributed by atoms with E-state index in [1.54, 1.807) is 0 Å². The second kappa shape index (κ2) is 2.46. The van der Waals surface area contributed by atoms with E-state index in [-0.39, 0.29) is 0 Å². The highest BCUT2D eigenvalue weighted by molar-refractivity contribution is 4.85. The van der Waals surface area contributed by atoms with Crippen LogP contribution in [0.4, 0.5) is 0 Å². The number of likely N-dealkylation sites (N-methyl/N-ethyl adjacent to an activating group) is 1. The number of hydrogen-bond acceptors (Lipinski definition) is 2. The van der Waals surface area contributed by atoms with Gasteiger partial charge in [0.1, 0.15) is 0 Å². The number of hydrogen-bond donors (Lipinski definition) is 2. The van der Waals surface area contributed by atoms with Gasteiger partial charge >= 0.3 is 0 Å². The number of rotatable bonds is 2. The van der Waals surface area contributed by atoms with Gasteiger partial charge in [-0.3, -0.25) is 0 Å². The molecule has 0 saturated carbocycles. The summed E-state index contributed by atoms with van der Waals surface area (Å²) < 4.78 is 0. The van der Waals surface area contributed by atoms with E-state index in [4.69, 9.17) is 0 Å². The summed E-state index contributed by atoms with van der Waals surface area (Å²) >= 11 is 0. The Hall–Kier alpha value is -0.0800. The molecule has 8 heavy (non-hydrogen) atoms. The minimum absolute atomic E-state index is 0.745. The van der Waals surface area contributed by atoms with E-state index in [1.165, 1.54) is 6.42 Å². The van der Waals surface area contributed by atoms with Gasteiger partial charge in [-0.05, 0) is 20.4 Å². The van der Waals surface area contributed by atoms with Crippen molar-refractivity contribution >= 4 is 0 Å². The molecule has 2 nitrogen and oxygen atoms in total. The molecule has 0 aliphatic carbocycles. The average Bonchev–Trinajstić information content (AvgIpc) is 1.64. The molecule has 2 heteroatoms. The monoisotopic (exact) mass is 114 g/mol. The summed E-state index contributed by atoms with van der Waals surface area (Å²) in [7, 11) is 1.99. The van der Waals surface area contributed by atoms with Gasteiger partial charge in [0.25, 0.3) is 0 Å². The summed E-state index contributed by atoms with van der Waals surface area (Å²) in [5.41, 5.74) is 0. The van der Waals surface area contributed by atoms with Crippen molar-refractivity contribution < 1.29 is 0 Å². The Morgan fingerprint density at radius 3 is 2.75 bits per heavy atom. The molecule has 1 saturated heterocycles. The van der Waals surface area contributed by atoms with Crippen molar-refractivity contribution in [2.75, 3.05) is 13.6 Å². The Morgan fingerprint density at radius 2 is 2.38 bits per heavy atom. The molecular formula is C6H14N2. The standard InChI is InChI=1S/C6H14N2/c1-5-3-6(8-5)4-7-2/h5-8H,3-4H2,1-2H3. The lowest BCUT2D eigenvalue weighted by atomic mass is 9.99. The van der Waals surface area contributed by atoms with Gasteiger partial charge in [0.05, 0.1) is 0 Å². The fourth-order valence-corrected chi connectivity index (χ4v) is 1.19. The van der Waals surface area contributed by atoms with Crippen LogP contribution in [0.5, 0.6) is 0 Å². The molecular weight excluding hydrogens is 100 g/mol. The molecule has 0 amide bonds. The van der Waals surface area contributed by atoms with E-state index in [0.29, 0.717) is 0 Å². The van der Waals surface area contributed by atoms with Crippen molar-refractivity contribution in [3.8, 4) is 0 Å². The van der Waals surface area contributed by atoms with Crippen molar-refractivity contribution in [1.82, 2.24) is 10.6 Å². The van der Waals surface area contributed by atoms with Crippen LogP contribution in [0.25, 0.3) is 0 Å². The van der Waals surface area contributed by atoms with Crippen molar-refractivity contribution in [2.45, 2.75) is 25.4 Å². The smallest absolute Gasteiger partial charge is 0.0209 e. The molecule has 0 aromatic rings. The Kier molecular flexibility index (Phi) is 1.86. The van der Waals surface area contributed by atoms with Gasteiger partial charge in [0.15, 0.2) is 0 Å². The zero-order chi connectivity index (χ0) is 5.98. The Labute approximate surface area is 50.7 Å². The molecule has 48 valence electrons. The van der Waals surface area contributed by atoms with Gasteiger partial charge in [-0.2, -0.15) is 0 Å². The maximum Gasteiger partial charge on any atom is 0.0209 e. The Balaban J connectivity index is 1.98. The zero-order valence-electron chi connectivity index (χ0n) is 5.57. The second-order valence-electron chi connectivity index (χ2n) is 2.56. The Bertz CT molecular complexity index is 64.2. The minimum Gasteiger partial charge on any atom is -0.318 e. The highest BCUT2D eigenvalue weighted by Gasteiger charge is 2.22. The Morgan fingerprint density at radius 1 is 1.75 bits per heavy atom. The maximum atomic E-state index is 3.38. The molecule has 0 radical (unpaired) electrons. The first-order chi connectivity index (χ1) is 3.83. The van der Waals surface area contributed by atoms with Gasteiger partial charge in [-0.1, -0.05) is 0 Å². The molecule has 2 atom stereocenters. The molecule has 0 bridgehead atoms. The maximum absolute atomic E-state index is 3.38. The average molecular weight is 114 g/mol. The first kappa shape index (κ1) is 6.05. The van der Waals surface area contributed by atoms with Gasteiger partial charge < -0.3 is 10.6 Å². The largest absolute Gasteiger partial charge is 0.318 e. The van der Waals surface area contributed by atoms with Crippen LogP contribution < -0.4 is 10.6 Å². The molecule has 1 aliphatic rings. The molecule has 1 fully saturated rings. The van der Waals surface area contributed by atoms with Crippen LogP contribution in [-0.2, 0) is 0 Å². The van der Waals surface area contributed by atoms with E-state index in [2.05, 4.69) is 17.6 Å². The first-order valence-electron chi connectivity index (χ1n) is 3.23. The third kappa shape index (κ3) is 1.20. The topological polar surface area (TPSA) is 24.1 Å². The molecule has 1 aliphatic heterocycles. The molecule has 1 heterocycles. The van der Waals surface area contributed by atoms with E-state index < -0.39 is 0 Å². The highest BCUT2D eigenvalue weighted by atomic mass is 15.1. The van der Waals surface area contributed by atoms with Gasteiger partial charge in [0.2, 0.25) is 0 Å². The zero-order valence-corrected chi connectivity index (χ0v) is 5.57. The van der Waals surface area contributed by atoms with Crippen molar-refractivity contribution in [3.63, 3.8) is 0 Å². The van der Waals surface area contributed by atoms with E-state index in [0.717, 1.165) is 18.6 Å². The summed E-state index contributed by atoms with van der Waals surface area (Å²) in [5, 5.41) is 6.51. The van der Waals surface area contributed by atoms with Crippen molar-refractivity contribution in [1.29, 1.82) is 0 Å². The summed E-state index contributed by atoms with van der Waals surface area (Å²) in [6.07, 6.45) is 1.33. The normalized spacial score (nSPS) is 36.8. The van der Waals surface area contributed by atoms with Crippen molar-refractivity contribution in [3.05, 3.63) is 0 Å². The fraction of sp³-hybridized carbons (Fsp3) is 1.00. The van der Waals surface area contributed by atoms with Crippen LogP contribution in [0.2, 0.25) is 0 Å². The highest BCUT2D eigenvalue weighted by Crippen LogP contribution is 2.08. The summed E-state index contributed by atoms with van der Waals surface area (Å²) in [4.78, 5) is 0. The second-order valence-corrected chi connectivity index (χ2v) is 2.56. The van der Waals surface area contributed by atoms with Crippen molar-refractivity contribution in [2.24, 2.45) is 0 Å². The lowest BCUT2D eigenvalue weighted by Gasteiger charge is -2.34. The molecule has 0 aromatic carbocycles. The van der Waals surface area contributed by atoms with Crippen LogP contribution in [0.3, 0.4) is 0 Å². The predicted molar refractivity (Wildman–Crippen MR) is 34.9 cm³/mol. The summed E-state index contributed by atoms with van der Waals surface area (Å²) in [6, 6.07) is 1.50. The van der Waals surface area contributed by atoms with E-state index >= 15 is 0 Å². The lowest BCUT2D eigenvalue weighted by molar-refractivity contribution is 0.277. The third-order valence-electron chi connectivity index (χ3n) is 1.61. The quantitative estimate of drug-likeness (QED) is 0.526. The van der Waals surface area contributed by atoms with E-state index in [1.807, 2.05) is 7.05 Å². The SMILES string of the molecule is CNCC1CC(C)N1. The number of nitrogens with one attached hydrogen (secondary N) is 2. The molecule has 1 rings (SSSR count). The van der Waals surface area contributed by atoms with Crippen LogP contribution in [0, 0.1) is 0 Å². The first-order valence-corrected chi connectivity index (χ1v) is 3.23. The molecule has 2 N–H and O–H groups in total. The van der Waals surface area contributed by atoms with Gasteiger partial charge in [0, 0.05) is 18.6 Å². The summed E-state index contributed by atoms with van der Waals surface area (Å²) in [5.74, 6) is 0. The predicted octanol–water partition coefficient (Wildman–Crippen LogP) is -0.0438. The van der Waals surface area contributed by atoms with Crippen LogP contribution >= 0.6 is 0 Å². The van der Waals surface area contributed by atoms with Crippen LogP contribution in [-0.4, -0.2) is 25.7 Å². The van der Waals surface area contributed by atoms with Gasteiger partial charge in [-0.25, -0.2) is 0 Å². The molecule has 0 spiro atoms. The lowest BCUT2D eigenvalue weighted by Crippen LogP contribution is -2.54. The molecule has 0 aromatic heterocycles. The third-order valence-corrected chi connectivity index (χ3v) is 1.61.